The number of nitrogens with zero attached hydrogens (tertiary/aromatic N) is 1. The first-order valence-electron chi connectivity index (χ1n) is 7.24. The van der Waals surface area contributed by atoms with Crippen molar-refractivity contribution in [2.24, 2.45) is 5.73 Å². The molecule has 0 rings (SSSR count). The zero-order valence-corrected chi connectivity index (χ0v) is 11.7. The molecule has 102 valence electrons. The van der Waals surface area contributed by atoms with Crippen LogP contribution in [0.3, 0.4) is 0 Å². The van der Waals surface area contributed by atoms with Crippen LogP contribution < -0.4 is 5.73 Å². The molecule has 0 saturated carbocycles. The van der Waals surface area contributed by atoms with Crippen LogP contribution in [0.4, 0.5) is 0 Å². The summed E-state index contributed by atoms with van der Waals surface area (Å²) in [7, 11) is 0. The van der Waals surface area contributed by atoms with E-state index in [1.807, 2.05) is 4.90 Å². The lowest BCUT2D eigenvalue weighted by molar-refractivity contribution is -0.131. The molecule has 0 fully saturated rings. The van der Waals surface area contributed by atoms with Gasteiger partial charge in [-0.1, -0.05) is 46.0 Å². The Balaban J connectivity index is 3.59. The van der Waals surface area contributed by atoms with E-state index in [2.05, 4.69) is 13.8 Å². The molecule has 0 aliphatic heterocycles. The molecular weight excluding hydrogens is 212 g/mol. The Morgan fingerprint density at radius 1 is 0.941 bits per heavy atom. The number of unbranched alkanes of at least 4 members (excludes halogenated alkanes) is 5. The van der Waals surface area contributed by atoms with E-state index in [9.17, 15) is 4.79 Å². The highest BCUT2D eigenvalue weighted by Gasteiger charge is 2.10. The van der Waals surface area contributed by atoms with Gasteiger partial charge in [-0.15, -0.1) is 0 Å². The van der Waals surface area contributed by atoms with Crippen LogP contribution in [-0.4, -0.2) is 30.4 Å². The van der Waals surface area contributed by atoms with Gasteiger partial charge in [-0.05, 0) is 12.8 Å². The molecule has 0 aliphatic rings. The molecular formula is C14H30N2O. The highest BCUT2D eigenvalue weighted by Crippen LogP contribution is 2.08. The quantitative estimate of drug-likeness (QED) is 0.566. The fourth-order valence-corrected chi connectivity index (χ4v) is 2.00. The third kappa shape index (κ3) is 9.16. The van der Waals surface area contributed by atoms with Gasteiger partial charge in [0, 0.05) is 26.1 Å². The molecule has 0 spiro atoms. The van der Waals surface area contributed by atoms with Crippen LogP contribution in [0.25, 0.3) is 0 Å². The van der Waals surface area contributed by atoms with Crippen molar-refractivity contribution in [3.63, 3.8) is 0 Å². The molecule has 0 aromatic rings. The number of nitrogens with two attached hydrogens (primary N) is 1. The summed E-state index contributed by atoms with van der Waals surface area (Å²) in [5, 5.41) is 0. The van der Waals surface area contributed by atoms with Crippen LogP contribution in [0.1, 0.15) is 65.2 Å². The van der Waals surface area contributed by atoms with Gasteiger partial charge in [0.25, 0.3) is 0 Å². The van der Waals surface area contributed by atoms with E-state index in [0.717, 1.165) is 19.4 Å². The average molecular weight is 242 g/mol. The lowest BCUT2D eigenvalue weighted by Crippen LogP contribution is -2.35. The number of hydrogen-bond acceptors (Lipinski definition) is 2. The maximum absolute atomic E-state index is 11.9. The van der Waals surface area contributed by atoms with Gasteiger partial charge in [-0.2, -0.15) is 0 Å². The Kier molecular flexibility index (Phi) is 11.5. The fourth-order valence-electron chi connectivity index (χ4n) is 2.00. The minimum atomic E-state index is 0.285. The number of rotatable bonds is 11. The van der Waals surface area contributed by atoms with E-state index in [0.29, 0.717) is 19.5 Å². The molecule has 2 N–H and O–H groups in total. The summed E-state index contributed by atoms with van der Waals surface area (Å²) in [6.07, 6.45) is 9.12. The fraction of sp³-hybridized carbons (Fsp3) is 0.929. The van der Waals surface area contributed by atoms with Gasteiger partial charge in [0.2, 0.25) is 5.91 Å². The van der Waals surface area contributed by atoms with E-state index in [-0.39, 0.29) is 5.91 Å². The summed E-state index contributed by atoms with van der Waals surface area (Å²) < 4.78 is 0. The Bertz CT molecular complexity index is 177. The molecule has 0 unspecified atom stereocenters. The summed E-state index contributed by atoms with van der Waals surface area (Å²) in [6, 6.07) is 0. The first-order chi connectivity index (χ1) is 8.26. The maximum Gasteiger partial charge on any atom is 0.222 e. The Hall–Kier alpha value is -0.570. The second kappa shape index (κ2) is 11.9. The van der Waals surface area contributed by atoms with E-state index in [4.69, 9.17) is 5.73 Å². The number of hydrogen-bond donors (Lipinski definition) is 1. The lowest BCUT2D eigenvalue weighted by atomic mass is 10.1. The van der Waals surface area contributed by atoms with E-state index in [1.54, 1.807) is 0 Å². The Morgan fingerprint density at radius 2 is 1.59 bits per heavy atom. The highest BCUT2D eigenvalue weighted by atomic mass is 16.2. The minimum Gasteiger partial charge on any atom is -0.341 e. The number of carbonyl (C=O) groups is 1. The Labute approximate surface area is 107 Å². The van der Waals surface area contributed by atoms with Crippen molar-refractivity contribution < 1.29 is 4.79 Å². The average Bonchev–Trinajstić information content (AvgIpc) is 2.33. The zero-order chi connectivity index (χ0) is 12.9. The summed E-state index contributed by atoms with van der Waals surface area (Å²) in [6.45, 7) is 6.46. The highest BCUT2D eigenvalue weighted by molar-refractivity contribution is 5.76. The summed E-state index contributed by atoms with van der Waals surface area (Å²) in [5.74, 6) is 0.285. The second-order valence-electron chi connectivity index (χ2n) is 4.69. The molecule has 0 aromatic heterocycles. The summed E-state index contributed by atoms with van der Waals surface area (Å²) in [4.78, 5) is 13.8. The predicted octanol–water partition coefficient (Wildman–Crippen LogP) is 2.93. The van der Waals surface area contributed by atoms with Crippen molar-refractivity contribution in [3.05, 3.63) is 0 Å². The zero-order valence-electron chi connectivity index (χ0n) is 11.7. The second-order valence-corrected chi connectivity index (χ2v) is 4.69. The van der Waals surface area contributed by atoms with Crippen molar-refractivity contribution in [1.29, 1.82) is 0 Å². The van der Waals surface area contributed by atoms with Gasteiger partial charge in [0.15, 0.2) is 0 Å². The van der Waals surface area contributed by atoms with Gasteiger partial charge in [0.1, 0.15) is 0 Å². The molecule has 3 heteroatoms. The molecule has 0 aromatic carbocycles. The Morgan fingerprint density at radius 3 is 2.18 bits per heavy atom. The van der Waals surface area contributed by atoms with Crippen LogP contribution in [-0.2, 0) is 4.79 Å². The van der Waals surface area contributed by atoms with Crippen molar-refractivity contribution >= 4 is 5.91 Å². The van der Waals surface area contributed by atoms with Gasteiger partial charge >= 0.3 is 0 Å². The van der Waals surface area contributed by atoms with Crippen molar-refractivity contribution in [1.82, 2.24) is 4.90 Å². The van der Waals surface area contributed by atoms with Crippen LogP contribution in [0.15, 0.2) is 0 Å². The largest absolute Gasteiger partial charge is 0.341 e. The topological polar surface area (TPSA) is 46.3 Å². The van der Waals surface area contributed by atoms with Crippen LogP contribution in [0.5, 0.6) is 0 Å². The van der Waals surface area contributed by atoms with Gasteiger partial charge in [-0.25, -0.2) is 0 Å². The maximum atomic E-state index is 11.9. The molecule has 0 heterocycles. The van der Waals surface area contributed by atoms with Crippen molar-refractivity contribution in [2.45, 2.75) is 65.2 Å². The molecule has 17 heavy (non-hydrogen) atoms. The number of amides is 1. The molecule has 3 nitrogen and oxygen atoms in total. The summed E-state index contributed by atoms with van der Waals surface area (Å²) >= 11 is 0. The molecule has 0 aliphatic carbocycles. The first kappa shape index (κ1) is 16.4. The van der Waals surface area contributed by atoms with Crippen molar-refractivity contribution in [3.8, 4) is 0 Å². The van der Waals surface area contributed by atoms with Gasteiger partial charge in [-0.3, -0.25) is 4.79 Å². The normalized spacial score (nSPS) is 10.5. The minimum absolute atomic E-state index is 0.285. The lowest BCUT2D eigenvalue weighted by Gasteiger charge is -2.21. The van der Waals surface area contributed by atoms with E-state index < -0.39 is 0 Å². The van der Waals surface area contributed by atoms with Gasteiger partial charge < -0.3 is 10.6 Å². The molecule has 0 saturated heterocycles. The molecule has 1 amide bonds. The van der Waals surface area contributed by atoms with E-state index in [1.165, 1.54) is 32.1 Å². The number of carbonyl (C=O) groups excluding carboxylic acids is 1. The summed E-state index contributed by atoms with van der Waals surface area (Å²) in [5.41, 5.74) is 5.51. The van der Waals surface area contributed by atoms with Gasteiger partial charge in [0.05, 0.1) is 0 Å². The smallest absolute Gasteiger partial charge is 0.222 e. The molecule has 0 bridgehead atoms. The molecule has 0 radical (unpaired) electrons. The SMILES string of the molecule is CCCCCCCCC(=O)N(CCC)CCN. The predicted molar refractivity (Wildman–Crippen MR) is 73.9 cm³/mol. The third-order valence-electron chi connectivity index (χ3n) is 2.99. The van der Waals surface area contributed by atoms with Crippen molar-refractivity contribution in [2.75, 3.05) is 19.6 Å². The molecule has 0 atom stereocenters. The first-order valence-corrected chi connectivity index (χ1v) is 7.24. The van der Waals surface area contributed by atoms with Crippen LogP contribution in [0.2, 0.25) is 0 Å². The monoisotopic (exact) mass is 242 g/mol. The third-order valence-corrected chi connectivity index (χ3v) is 2.99. The van der Waals surface area contributed by atoms with E-state index >= 15 is 0 Å². The van der Waals surface area contributed by atoms with Crippen LogP contribution in [0, 0.1) is 0 Å². The standard InChI is InChI=1S/C14H30N2O/c1-3-5-6-7-8-9-10-14(17)16(12-4-2)13-11-15/h3-13,15H2,1-2H3. The van der Waals surface area contributed by atoms with Crippen LogP contribution >= 0.6 is 0 Å².